The summed E-state index contributed by atoms with van der Waals surface area (Å²) in [6.07, 6.45) is 8.87. The molecule has 0 heterocycles. The smallest absolute Gasteiger partial charge is 0.303 e. The van der Waals surface area contributed by atoms with E-state index >= 15 is 0 Å². The topological polar surface area (TPSA) is 559 Å². The quantitative estimate of drug-likeness (QED) is 0.0157. The number of carboxylic acid groups (broad SMARTS) is 4. The minimum absolute atomic E-state index is 0.0309. The van der Waals surface area contributed by atoms with Crippen LogP contribution in [0.3, 0.4) is 0 Å². The Bertz CT molecular complexity index is 5470. The minimum atomic E-state index is -0.945. The Labute approximate surface area is 893 Å². The molecule has 12 amide bonds. The van der Waals surface area contributed by atoms with Gasteiger partial charge >= 0.3 is 23.9 Å². The van der Waals surface area contributed by atoms with Crippen LogP contribution in [0.25, 0.3) is 50.1 Å². The fourth-order valence-electron chi connectivity index (χ4n) is 16.9. The molecular formula is C111H139Br3N12O23. The summed E-state index contributed by atoms with van der Waals surface area (Å²) in [6, 6.07) is 44.4. The number of alkyl halides is 3. The number of anilines is 8. The molecule has 0 bridgehead atoms. The van der Waals surface area contributed by atoms with Crippen LogP contribution in [0.1, 0.15) is 270 Å². The van der Waals surface area contributed by atoms with E-state index < -0.39 is 23.9 Å². The third kappa shape index (κ3) is 40.7. The molecule has 35 nitrogen and oxygen atoms in total. The van der Waals surface area contributed by atoms with Crippen LogP contribution < -0.4 is 63.8 Å². The van der Waals surface area contributed by atoms with Crippen LogP contribution >= 0.6 is 47.8 Å². The molecule has 0 aliphatic heterocycles. The summed E-state index contributed by atoms with van der Waals surface area (Å²) in [6.45, 7) is 14.4. The van der Waals surface area contributed by atoms with Crippen LogP contribution in [0.5, 0.6) is 0 Å². The Kier molecular flexibility index (Phi) is 55.5. The Balaban J connectivity index is 0.000000299. The third-order valence-electron chi connectivity index (χ3n) is 23.9. The average molecular weight is 2250 g/mol. The number of carboxylic acids is 4. The number of hydrogen-bond acceptors (Lipinski definition) is 19. The van der Waals surface area contributed by atoms with Gasteiger partial charge in [-0.3, -0.25) is 76.7 Å². The van der Waals surface area contributed by atoms with Gasteiger partial charge in [-0.05, 0) is 286 Å². The van der Waals surface area contributed by atoms with Crippen molar-refractivity contribution in [3.8, 4) is 44.5 Å². The molecule has 0 radical (unpaired) electrons. The van der Waals surface area contributed by atoms with Crippen LogP contribution in [-0.2, 0) is 76.7 Å². The number of benzene rings is 8. The highest BCUT2D eigenvalue weighted by molar-refractivity contribution is 9.09. The minimum Gasteiger partial charge on any atom is -0.481 e. The zero-order chi connectivity index (χ0) is 110. The van der Waals surface area contributed by atoms with Gasteiger partial charge in [0.1, 0.15) is 0 Å². The highest BCUT2D eigenvalue weighted by Gasteiger charge is 2.34. The van der Waals surface area contributed by atoms with Crippen molar-refractivity contribution in [1.82, 2.24) is 21.3 Å². The number of fused-ring (bicyclic) bond motifs is 12. The van der Waals surface area contributed by atoms with Crippen molar-refractivity contribution in [2.45, 2.75) is 225 Å². The highest BCUT2D eigenvalue weighted by atomic mass is 79.9. The van der Waals surface area contributed by atoms with Crippen molar-refractivity contribution in [3.05, 3.63) is 197 Å². The van der Waals surface area contributed by atoms with Crippen molar-refractivity contribution in [2.75, 3.05) is 106 Å². The average Bonchev–Trinajstić information content (AvgIpc) is 1.62. The second kappa shape index (κ2) is 66.6. The molecule has 0 fully saturated rings. The van der Waals surface area contributed by atoms with Crippen LogP contribution in [0.2, 0.25) is 0 Å². The monoisotopic (exact) mass is 2240 g/mol. The number of aliphatic hydroxyl groups is 3. The lowest BCUT2D eigenvalue weighted by Crippen LogP contribution is -2.24. The van der Waals surface area contributed by atoms with Gasteiger partial charge in [-0.1, -0.05) is 131 Å². The largest absolute Gasteiger partial charge is 0.481 e. The summed E-state index contributed by atoms with van der Waals surface area (Å²) < 4.78 is 0. The number of carbonyl (C=O) groups excluding carboxylic acids is 12. The van der Waals surface area contributed by atoms with Crippen molar-refractivity contribution in [3.63, 3.8) is 0 Å². The van der Waals surface area contributed by atoms with E-state index in [9.17, 15) is 92.0 Å². The fraction of sp³-hybridized carbons (Fsp3) is 0.405. The first-order chi connectivity index (χ1) is 71.7. The second-order valence-electron chi connectivity index (χ2n) is 35.2. The normalized spacial score (nSPS) is 11.5. The van der Waals surface area contributed by atoms with E-state index in [4.69, 9.17) is 20.4 Å². The first kappa shape index (κ1) is 124. The SMILES string of the molecule is C=C1c2cc(NC(=O)CCCC(=O)NCCC)ccc2-c2ccc(NC(=O)CCCC(=O)NCCC)cc21.CBr.CBr.CBr.CCCNC(=O)CCCC(=O)Nc1ccc2c(c1)C(CO)c1cc(NC(=O)CCCC(=O)NCCC)ccc1-2.O=C(O)CCCC(=O)Nc1ccc2c(c1)C(CO)c1cc(NC(=O)CCCC(=O)O)ccc1-2.O=C(O)CCCC(=O)Nc1ccc2c(c1)C(CO)c1cc(NC(=O)CCCC(=O)O)ccc1-2. The number of amides is 12. The Morgan fingerprint density at radius 2 is 0.369 bits per heavy atom. The van der Waals surface area contributed by atoms with E-state index in [-0.39, 0.29) is 211 Å². The number of aliphatic hydroxyl groups excluding tert-OH is 3. The predicted molar refractivity (Wildman–Crippen MR) is 591 cm³/mol. The van der Waals surface area contributed by atoms with Crippen molar-refractivity contribution in [2.24, 2.45) is 0 Å². The van der Waals surface area contributed by atoms with Gasteiger partial charge in [0.25, 0.3) is 0 Å². The van der Waals surface area contributed by atoms with E-state index in [0.717, 1.165) is 120 Å². The summed E-state index contributed by atoms with van der Waals surface area (Å²) >= 11 is 8.81. The number of rotatable bonds is 51. The number of nitrogens with one attached hydrogen (secondary N) is 12. The lowest BCUT2D eigenvalue weighted by atomic mass is 9.97. The lowest BCUT2D eigenvalue weighted by Gasteiger charge is -2.13. The Morgan fingerprint density at radius 3 is 0.523 bits per heavy atom. The van der Waals surface area contributed by atoms with Crippen LogP contribution in [0.15, 0.2) is 152 Å². The number of aliphatic carboxylic acids is 4. The summed E-state index contributed by atoms with van der Waals surface area (Å²) in [4.78, 5) is 187. The van der Waals surface area contributed by atoms with E-state index in [1.165, 1.54) is 0 Å². The van der Waals surface area contributed by atoms with Crippen molar-refractivity contribution >= 4 is 194 Å². The summed E-state index contributed by atoms with van der Waals surface area (Å²) in [5.41, 5.74) is 20.4. The molecule has 149 heavy (non-hydrogen) atoms. The van der Waals surface area contributed by atoms with Gasteiger partial charge < -0.3 is 99.5 Å². The van der Waals surface area contributed by atoms with Gasteiger partial charge in [0.15, 0.2) is 0 Å². The Morgan fingerprint density at radius 1 is 0.221 bits per heavy atom. The Hall–Kier alpha value is -13.7. The van der Waals surface area contributed by atoms with Gasteiger partial charge in [0, 0.05) is 192 Å². The van der Waals surface area contributed by atoms with Gasteiger partial charge in [-0.2, -0.15) is 0 Å². The summed E-state index contributed by atoms with van der Waals surface area (Å²) in [7, 11) is 0. The summed E-state index contributed by atoms with van der Waals surface area (Å²) in [5, 5.41) is 99.0. The van der Waals surface area contributed by atoms with E-state index in [0.29, 0.717) is 123 Å². The molecule has 0 spiro atoms. The number of hydrogen-bond donors (Lipinski definition) is 19. The van der Waals surface area contributed by atoms with Gasteiger partial charge in [0.2, 0.25) is 70.9 Å². The van der Waals surface area contributed by atoms with E-state index in [2.05, 4.69) is 118 Å². The van der Waals surface area contributed by atoms with E-state index in [1.54, 1.807) is 48.5 Å². The fourth-order valence-corrected chi connectivity index (χ4v) is 16.9. The maximum Gasteiger partial charge on any atom is 0.303 e. The van der Waals surface area contributed by atoms with Gasteiger partial charge in [-0.15, -0.1) is 0 Å². The zero-order valence-corrected chi connectivity index (χ0v) is 90.1. The highest BCUT2D eigenvalue weighted by Crippen LogP contribution is 2.51. The van der Waals surface area contributed by atoms with Gasteiger partial charge in [-0.25, -0.2) is 0 Å². The third-order valence-corrected chi connectivity index (χ3v) is 23.9. The second-order valence-corrected chi connectivity index (χ2v) is 35.2. The van der Waals surface area contributed by atoms with Gasteiger partial charge in [0.05, 0.1) is 19.8 Å². The molecule has 12 rings (SSSR count). The molecule has 0 atom stereocenters. The van der Waals surface area contributed by atoms with Crippen LogP contribution in [0.4, 0.5) is 45.5 Å². The molecular weight excluding hydrogens is 2110 g/mol. The lowest BCUT2D eigenvalue weighted by molar-refractivity contribution is -0.138. The maximum atomic E-state index is 12.4. The van der Waals surface area contributed by atoms with Crippen molar-refractivity contribution < 1.29 is 112 Å². The van der Waals surface area contributed by atoms with Crippen LogP contribution in [-0.4, -0.2) is 194 Å². The van der Waals surface area contributed by atoms with E-state index in [1.807, 2.05) is 142 Å². The molecule has 38 heteroatoms. The molecule has 8 aromatic rings. The van der Waals surface area contributed by atoms with Crippen LogP contribution in [0, 0.1) is 0 Å². The molecule has 4 aliphatic carbocycles. The molecule has 8 aromatic carbocycles. The first-order valence-electron chi connectivity index (χ1n) is 49.9. The first-order valence-corrected chi connectivity index (χ1v) is 54.6. The maximum absolute atomic E-state index is 12.4. The molecule has 802 valence electrons. The molecule has 0 saturated heterocycles. The summed E-state index contributed by atoms with van der Waals surface area (Å²) in [5.74, 6) is -1.15. The number of halogens is 3. The molecule has 0 unspecified atom stereocenters. The standard InChI is InChI=1S/C30H40N4O5.C30H38N4O4.2C24H26N2O7.3CH3Br/c1-3-15-31-27(36)7-5-9-29(38)33-20-11-13-22-23-14-12-21(18-25(23)26(19-35)24(22)17-20)34-30(39)10-6-8-28(37)32-16-4-2;1-4-16-31-27(35)8-6-10-29(37)33-21-12-14-23-24-15-13-22(19-26(24)20(3)25(23)18-21)34-30(38)11-7-9-28(36)32-17-5-2;2*27-13-20-18-11-14(25-21(28)3-1-5-23(30)31)7-9-16(18)17-10-8-15(12-19(17)20)26-22(29)4-2-6-24(32)33;3*1-2/h11-14,17-18,26,35H,3-10,15-16,19H2,1-2H3,(H,31,36)(H,32,37)(H,33,38)(H,34,39);12-15,18-19H,3-11,16-17H2,1-2H3,(H,31,35)(H,32,36)(H,33,37)(H,34,38);2*7-12,20,27H,1-6,13H2,(H,25,28)(H,26,29)(H,30,31)(H,32,33);3*1H3. The predicted octanol–water partition coefficient (Wildman–Crippen LogP) is 18.4. The molecule has 4 aliphatic rings. The van der Waals surface area contributed by atoms with Crippen molar-refractivity contribution in [1.29, 1.82) is 0 Å². The zero-order valence-electron chi connectivity index (χ0n) is 85.3. The molecule has 0 aromatic heterocycles. The molecule has 0 saturated carbocycles. The molecule has 19 N–H and O–H groups in total. The number of carbonyl (C=O) groups is 16.